The van der Waals surface area contributed by atoms with Crippen molar-refractivity contribution in [3.8, 4) is 22.6 Å². The van der Waals surface area contributed by atoms with E-state index in [1.807, 2.05) is 48.5 Å². The van der Waals surface area contributed by atoms with Crippen LogP contribution in [0, 0.1) is 0 Å². The van der Waals surface area contributed by atoms with Crippen LogP contribution in [-0.2, 0) is 17.8 Å². The Bertz CT molecular complexity index is 1020. The number of aryl methyl sites for hydroxylation is 1. The largest absolute Gasteiger partial charge is 0.454 e. The van der Waals surface area contributed by atoms with E-state index in [0.29, 0.717) is 12.2 Å². The summed E-state index contributed by atoms with van der Waals surface area (Å²) in [7, 11) is 0. The number of aliphatic hydroxyl groups is 1. The Balaban J connectivity index is 1.24. The third-order valence-corrected chi connectivity index (χ3v) is 5.09. The molecule has 6 heteroatoms. The van der Waals surface area contributed by atoms with E-state index in [0.717, 1.165) is 47.5 Å². The van der Waals surface area contributed by atoms with E-state index in [2.05, 4.69) is 10.3 Å². The number of carbonyl (C=O) groups is 1. The molecule has 0 saturated carbocycles. The van der Waals surface area contributed by atoms with Crippen molar-refractivity contribution in [3.05, 3.63) is 71.9 Å². The Kier molecular flexibility index (Phi) is 6.25. The number of aliphatic hydroxyl groups excluding tert-OH is 1. The molecule has 6 nitrogen and oxygen atoms in total. The number of rotatable bonds is 8. The van der Waals surface area contributed by atoms with Gasteiger partial charge in [-0.3, -0.25) is 4.79 Å². The molecule has 0 atom stereocenters. The van der Waals surface area contributed by atoms with Crippen molar-refractivity contribution in [2.24, 2.45) is 0 Å². The van der Waals surface area contributed by atoms with Gasteiger partial charge in [0.15, 0.2) is 11.5 Å². The number of anilines is 1. The third-order valence-electron chi connectivity index (χ3n) is 5.09. The first-order valence-corrected chi connectivity index (χ1v) is 10.1. The third kappa shape index (κ3) is 4.78. The van der Waals surface area contributed by atoms with Gasteiger partial charge in [-0.1, -0.05) is 30.3 Å². The van der Waals surface area contributed by atoms with E-state index in [1.54, 1.807) is 12.3 Å². The summed E-state index contributed by atoms with van der Waals surface area (Å²) in [5, 5.41) is 12.3. The number of amides is 1. The summed E-state index contributed by atoms with van der Waals surface area (Å²) >= 11 is 0. The lowest BCUT2D eigenvalue weighted by Crippen LogP contribution is -2.12. The maximum Gasteiger partial charge on any atom is 0.231 e. The van der Waals surface area contributed by atoms with Gasteiger partial charge in [0.25, 0.3) is 0 Å². The van der Waals surface area contributed by atoms with Gasteiger partial charge in [-0.25, -0.2) is 4.98 Å². The lowest BCUT2D eigenvalue weighted by atomic mass is 10.0. The first kappa shape index (κ1) is 19.9. The zero-order chi connectivity index (χ0) is 20.8. The Morgan fingerprint density at radius 1 is 1.03 bits per heavy atom. The highest BCUT2D eigenvalue weighted by molar-refractivity contribution is 5.89. The molecular formula is C24H24N2O4. The molecule has 2 heterocycles. The van der Waals surface area contributed by atoms with Gasteiger partial charge in [0.2, 0.25) is 12.7 Å². The molecule has 0 saturated heterocycles. The second kappa shape index (κ2) is 9.41. The summed E-state index contributed by atoms with van der Waals surface area (Å²) in [6.45, 7) is 0.253. The minimum absolute atomic E-state index is 0.0269. The van der Waals surface area contributed by atoms with Crippen molar-refractivity contribution < 1.29 is 19.4 Å². The highest BCUT2D eigenvalue weighted by Gasteiger charge is 2.13. The summed E-state index contributed by atoms with van der Waals surface area (Å²) in [4.78, 5) is 16.6. The highest BCUT2D eigenvalue weighted by atomic mass is 16.7. The first-order chi connectivity index (χ1) is 14.7. The number of nitrogens with zero attached hydrogens (tertiary/aromatic N) is 1. The molecule has 3 aromatic rings. The maximum absolute atomic E-state index is 12.2. The van der Waals surface area contributed by atoms with Crippen LogP contribution < -0.4 is 14.8 Å². The highest BCUT2D eigenvalue weighted by Crippen LogP contribution is 2.32. The van der Waals surface area contributed by atoms with E-state index in [4.69, 9.17) is 9.47 Å². The van der Waals surface area contributed by atoms with Gasteiger partial charge < -0.3 is 19.9 Å². The van der Waals surface area contributed by atoms with Gasteiger partial charge in [-0.15, -0.1) is 0 Å². The van der Waals surface area contributed by atoms with Crippen molar-refractivity contribution in [1.82, 2.24) is 4.98 Å². The first-order valence-electron chi connectivity index (χ1n) is 10.1. The Hall–Kier alpha value is -3.38. The SMILES string of the molecule is O=C(CCCCc1ccc2c(c1)OCO2)Nc1ccc(-c2ccccc2CO)cn1. The molecule has 1 aliphatic rings. The Labute approximate surface area is 175 Å². The van der Waals surface area contributed by atoms with Crippen LogP contribution in [0.2, 0.25) is 0 Å². The van der Waals surface area contributed by atoms with Crippen LogP contribution in [-0.4, -0.2) is 22.8 Å². The average molecular weight is 404 g/mol. The number of nitrogens with one attached hydrogen (secondary N) is 1. The molecule has 4 rings (SSSR count). The van der Waals surface area contributed by atoms with E-state index in [1.165, 1.54) is 5.56 Å². The van der Waals surface area contributed by atoms with Crippen molar-refractivity contribution in [1.29, 1.82) is 0 Å². The minimum Gasteiger partial charge on any atom is -0.454 e. The number of unbranched alkanes of at least 4 members (excludes halogenated alkanes) is 1. The molecule has 2 N–H and O–H groups in total. The zero-order valence-electron chi connectivity index (χ0n) is 16.6. The number of pyridine rings is 1. The molecule has 154 valence electrons. The average Bonchev–Trinajstić information content (AvgIpc) is 3.25. The molecular weight excluding hydrogens is 380 g/mol. The summed E-state index contributed by atoms with van der Waals surface area (Å²) in [5.41, 5.74) is 3.87. The molecule has 0 aliphatic carbocycles. The molecule has 1 aromatic heterocycles. The molecule has 0 unspecified atom stereocenters. The molecule has 1 amide bonds. The summed E-state index contributed by atoms with van der Waals surface area (Å²) in [6.07, 6.45) is 4.76. The van der Waals surface area contributed by atoms with Gasteiger partial charge in [0, 0.05) is 18.2 Å². The number of ether oxygens (including phenoxy) is 2. The standard InChI is InChI=1S/C24H24N2O4/c27-15-19-6-2-3-7-20(19)18-10-12-23(25-14-18)26-24(28)8-4-1-5-17-9-11-21-22(13-17)30-16-29-21/h2-3,6-7,9-14,27H,1,4-5,8,15-16H2,(H,25,26,28). The molecule has 2 aromatic carbocycles. The van der Waals surface area contributed by atoms with Crippen molar-refractivity contribution in [2.75, 3.05) is 12.1 Å². The fourth-order valence-corrected chi connectivity index (χ4v) is 3.48. The number of hydrogen-bond acceptors (Lipinski definition) is 5. The lowest BCUT2D eigenvalue weighted by Gasteiger charge is -2.09. The monoisotopic (exact) mass is 404 g/mol. The fraction of sp³-hybridized carbons (Fsp3) is 0.250. The second-order valence-electron chi connectivity index (χ2n) is 7.19. The van der Waals surface area contributed by atoms with E-state index in [9.17, 15) is 9.90 Å². The maximum atomic E-state index is 12.2. The second-order valence-corrected chi connectivity index (χ2v) is 7.19. The summed E-state index contributed by atoms with van der Waals surface area (Å²) < 4.78 is 10.7. The van der Waals surface area contributed by atoms with Crippen LogP contribution in [0.3, 0.4) is 0 Å². The molecule has 0 spiro atoms. The van der Waals surface area contributed by atoms with Crippen LogP contribution in [0.25, 0.3) is 11.1 Å². The van der Waals surface area contributed by atoms with Gasteiger partial charge >= 0.3 is 0 Å². The van der Waals surface area contributed by atoms with Crippen LogP contribution in [0.4, 0.5) is 5.82 Å². The number of benzene rings is 2. The van der Waals surface area contributed by atoms with Crippen molar-refractivity contribution >= 4 is 11.7 Å². The fourth-order valence-electron chi connectivity index (χ4n) is 3.48. The number of fused-ring (bicyclic) bond motifs is 1. The molecule has 0 radical (unpaired) electrons. The Morgan fingerprint density at radius 3 is 2.73 bits per heavy atom. The van der Waals surface area contributed by atoms with Gasteiger partial charge in [-0.05, 0) is 60.2 Å². The predicted octanol–water partition coefficient (Wildman–Crippen LogP) is 4.32. The van der Waals surface area contributed by atoms with Crippen LogP contribution in [0.1, 0.15) is 30.4 Å². The predicted molar refractivity (Wildman–Crippen MR) is 114 cm³/mol. The van der Waals surface area contributed by atoms with Crippen molar-refractivity contribution in [3.63, 3.8) is 0 Å². The topological polar surface area (TPSA) is 80.7 Å². The van der Waals surface area contributed by atoms with E-state index >= 15 is 0 Å². The summed E-state index contributed by atoms with van der Waals surface area (Å²) in [5.74, 6) is 2.07. The quantitative estimate of drug-likeness (QED) is 0.547. The van der Waals surface area contributed by atoms with E-state index < -0.39 is 0 Å². The van der Waals surface area contributed by atoms with Crippen LogP contribution in [0.15, 0.2) is 60.8 Å². The Morgan fingerprint density at radius 2 is 1.90 bits per heavy atom. The molecule has 0 bridgehead atoms. The normalized spacial score (nSPS) is 12.0. The van der Waals surface area contributed by atoms with Gasteiger partial charge in [-0.2, -0.15) is 0 Å². The summed E-state index contributed by atoms with van der Waals surface area (Å²) in [6, 6.07) is 17.3. The van der Waals surface area contributed by atoms with Crippen LogP contribution in [0.5, 0.6) is 11.5 Å². The number of hydrogen-bond donors (Lipinski definition) is 2. The number of carbonyl (C=O) groups excluding carboxylic acids is 1. The minimum atomic E-state index is -0.0447. The number of aromatic nitrogens is 1. The van der Waals surface area contributed by atoms with Gasteiger partial charge in [0.05, 0.1) is 6.61 Å². The molecule has 1 aliphatic heterocycles. The molecule has 0 fully saturated rings. The smallest absolute Gasteiger partial charge is 0.231 e. The zero-order valence-corrected chi connectivity index (χ0v) is 16.6. The van der Waals surface area contributed by atoms with Gasteiger partial charge in [0.1, 0.15) is 5.82 Å². The lowest BCUT2D eigenvalue weighted by molar-refractivity contribution is -0.116. The molecule has 30 heavy (non-hydrogen) atoms. The van der Waals surface area contributed by atoms with Crippen LogP contribution >= 0.6 is 0 Å². The van der Waals surface area contributed by atoms with E-state index in [-0.39, 0.29) is 19.3 Å². The van der Waals surface area contributed by atoms with Crippen molar-refractivity contribution in [2.45, 2.75) is 32.3 Å².